The summed E-state index contributed by atoms with van der Waals surface area (Å²) in [6.07, 6.45) is 0. The number of rotatable bonds is 2. The van der Waals surface area contributed by atoms with Gasteiger partial charge in [-0.05, 0) is 37.0 Å². The minimum Gasteiger partial charge on any atom is -0.309 e. The van der Waals surface area contributed by atoms with Gasteiger partial charge in [-0.25, -0.2) is 8.78 Å². The number of hydrogen-bond donors (Lipinski definition) is 1. The summed E-state index contributed by atoms with van der Waals surface area (Å²) in [6.45, 7) is 13.2. The Labute approximate surface area is 126 Å². The van der Waals surface area contributed by atoms with E-state index in [1.165, 1.54) is 12.1 Å². The van der Waals surface area contributed by atoms with Gasteiger partial charge in [0.25, 0.3) is 0 Å². The maximum atomic E-state index is 13.4. The quantitative estimate of drug-likeness (QED) is 0.897. The van der Waals surface area contributed by atoms with E-state index >= 15 is 0 Å². The molecule has 1 fully saturated rings. The molecule has 0 saturated carbocycles. The molecule has 4 heteroatoms. The molecule has 2 rings (SSSR count). The van der Waals surface area contributed by atoms with Crippen LogP contribution in [-0.2, 0) is 6.54 Å². The maximum absolute atomic E-state index is 13.4. The molecule has 118 valence electrons. The molecule has 1 aliphatic heterocycles. The van der Waals surface area contributed by atoms with Crippen LogP contribution in [0.1, 0.15) is 40.2 Å². The van der Waals surface area contributed by atoms with Crippen molar-refractivity contribution in [2.75, 3.05) is 13.1 Å². The number of halogens is 2. The lowest BCUT2D eigenvalue weighted by Gasteiger charge is -2.49. The first-order chi connectivity index (χ1) is 9.57. The van der Waals surface area contributed by atoms with Crippen LogP contribution in [0.15, 0.2) is 18.2 Å². The van der Waals surface area contributed by atoms with Crippen molar-refractivity contribution < 1.29 is 8.78 Å². The highest BCUT2D eigenvalue weighted by Crippen LogP contribution is 2.30. The van der Waals surface area contributed by atoms with E-state index in [4.69, 9.17) is 0 Å². The zero-order chi connectivity index (χ0) is 15.8. The van der Waals surface area contributed by atoms with Crippen molar-refractivity contribution in [3.63, 3.8) is 0 Å². The Balaban J connectivity index is 2.23. The summed E-state index contributed by atoms with van der Waals surface area (Å²) < 4.78 is 26.8. The standard InChI is InChI=1S/C17H26F2N2/c1-16(2,3)15-9-20-17(4,5)11-21(15)10-12-6-13(18)8-14(19)7-12/h6-8,15,20H,9-11H2,1-5H3. The lowest BCUT2D eigenvalue weighted by atomic mass is 9.82. The van der Waals surface area contributed by atoms with Crippen LogP contribution in [-0.4, -0.2) is 29.6 Å². The van der Waals surface area contributed by atoms with Gasteiger partial charge in [-0.1, -0.05) is 20.8 Å². The molecule has 1 aliphatic rings. The van der Waals surface area contributed by atoms with Gasteiger partial charge in [0.1, 0.15) is 11.6 Å². The zero-order valence-corrected chi connectivity index (χ0v) is 13.6. The molecule has 0 aromatic heterocycles. The molecule has 0 aliphatic carbocycles. The van der Waals surface area contributed by atoms with Crippen LogP contribution in [0.2, 0.25) is 0 Å². The summed E-state index contributed by atoms with van der Waals surface area (Å²) >= 11 is 0. The van der Waals surface area contributed by atoms with Crippen LogP contribution in [0.25, 0.3) is 0 Å². The van der Waals surface area contributed by atoms with Crippen LogP contribution in [0.4, 0.5) is 8.78 Å². The van der Waals surface area contributed by atoms with E-state index in [1.807, 2.05) is 0 Å². The van der Waals surface area contributed by atoms with E-state index in [2.05, 4.69) is 44.8 Å². The van der Waals surface area contributed by atoms with E-state index < -0.39 is 11.6 Å². The molecule has 0 amide bonds. The molecule has 1 N–H and O–H groups in total. The second-order valence-electron chi connectivity index (χ2n) is 7.83. The number of piperazine rings is 1. The molecule has 1 aromatic rings. The molecular weight excluding hydrogens is 270 g/mol. The van der Waals surface area contributed by atoms with Crippen molar-refractivity contribution in [2.24, 2.45) is 5.41 Å². The van der Waals surface area contributed by atoms with Crippen LogP contribution in [0.5, 0.6) is 0 Å². The summed E-state index contributed by atoms with van der Waals surface area (Å²) in [5.74, 6) is -1.02. The van der Waals surface area contributed by atoms with E-state index in [1.54, 1.807) is 0 Å². The Morgan fingerprint density at radius 3 is 2.29 bits per heavy atom. The smallest absolute Gasteiger partial charge is 0.126 e. The molecule has 21 heavy (non-hydrogen) atoms. The molecule has 1 heterocycles. The van der Waals surface area contributed by atoms with Crippen molar-refractivity contribution in [1.29, 1.82) is 0 Å². The molecule has 1 atom stereocenters. The fourth-order valence-corrected chi connectivity index (χ4v) is 3.13. The van der Waals surface area contributed by atoms with Crippen LogP contribution >= 0.6 is 0 Å². The monoisotopic (exact) mass is 296 g/mol. The molecule has 2 nitrogen and oxygen atoms in total. The van der Waals surface area contributed by atoms with Crippen molar-refractivity contribution in [3.05, 3.63) is 35.4 Å². The highest BCUT2D eigenvalue weighted by atomic mass is 19.1. The topological polar surface area (TPSA) is 15.3 Å². The lowest BCUT2D eigenvalue weighted by Crippen LogP contribution is -2.64. The van der Waals surface area contributed by atoms with Gasteiger partial charge in [-0.3, -0.25) is 4.90 Å². The van der Waals surface area contributed by atoms with Gasteiger partial charge >= 0.3 is 0 Å². The SMILES string of the molecule is CC1(C)CN(Cc2cc(F)cc(F)c2)C(C(C)(C)C)CN1. The predicted octanol–water partition coefficient (Wildman–Crippen LogP) is 3.56. The Morgan fingerprint density at radius 2 is 1.76 bits per heavy atom. The highest BCUT2D eigenvalue weighted by Gasteiger charge is 2.38. The van der Waals surface area contributed by atoms with Crippen molar-refractivity contribution in [2.45, 2.75) is 52.7 Å². The van der Waals surface area contributed by atoms with Crippen molar-refractivity contribution >= 4 is 0 Å². The number of benzene rings is 1. The third-order valence-corrected chi connectivity index (χ3v) is 4.12. The molecule has 1 saturated heterocycles. The third kappa shape index (κ3) is 4.24. The predicted molar refractivity (Wildman–Crippen MR) is 82.1 cm³/mol. The number of nitrogens with zero attached hydrogens (tertiary/aromatic N) is 1. The molecule has 0 radical (unpaired) electrons. The lowest BCUT2D eigenvalue weighted by molar-refractivity contribution is 0.0271. The van der Waals surface area contributed by atoms with Gasteiger partial charge < -0.3 is 5.32 Å². The molecule has 1 unspecified atom stereocenters. The van der Waals surface area contributed by atoms with E-state index in [0.29, 0.717) is 18.2 Å². The Kier molecular flexibility index (Phi) is 4.41. The van der Waals surface area contributed by atoms with Crippen LogP contribution in [0, 0.1) is 17.0 Å². The molecule has 0 bridgehead atoms. The summed E-state index contributed by atoms with van der Waals surface area (Å²) in [5.41, 5.74) is 0.808. The number of nitrogens with one attached hydrogen (secondary N) is 1. The van der Waals surface area contributed by atoms with E-state index in [0.717, 1.165) is 19.2 Å². The largest absolute Gasteiger partial charge is 0.309 e. The molecule has 0 spiro atoms. The third-order valence-electron chi connectivity index (χ3n) is 4.12. The average Bonchev–Trinajstić information content (AvgIpc) is 2.23. The molecule has 1 aromatic carbocycles. The van der Waals surface area contributed by atoms with E-state index in [-0.39, 0.29) is 11.0 Å². The minimum atomic E-state index is -0.508. The van der Waals surface area contributed by atoms with Crippen molar-refractivity contribution in [1.82, 2.24) is 10.2 Å². The summed E-state index contributed by atoms with van der Waals surface area (Å²) in [6, 6.07) is 4.11. The number of hydrogen-bond acceptors (Lipinski definition) is 2. The first-order valence-corrected chi connectivity index (χ1v) is 7.51. The van der Waals surface area contributed by atoms with Gasteiger partial charge in [0.2, 0.25) is 0 Å². The minimum absolute atomic E-state index is 0.00756. The maximum Gasteiger partial charge on any atom is 0.126 e. The van der Waals surface area contributed by atoms with Gasteiger partial charge in [-0.15, -0.1) is 0 Å². The second-order valence-corrected chi connectivity index (χ2v) is 7.83. The first kappa shape index (κ1) is 16.4. The van der Waals surface area contributed by atoms with E-state index in [9.17, 15) is 8.78 Å². The van der Waals surface area contributed by atoms with Gasteiger partial charge in [-0.2, -0.15) is 0 Å². The zero-order valence-electron chi connectivity index (χ0n) is 13.6. The Morgan fingerprint density at radius 1 is 1.19 bits per heavy atom. The average molecular weight is 296 g/mol. The van der Waals surface area contributed by atoms with Crippen LogP contribution < -0.4 is 5.32 Å². The Bertz CT molecular complexity index is 486. The highest BCUT2D eigenvalue weighted by molar-refractivity contribution is 5.18. The fourth-order valence-electron chi connectivity index (χ4n) is 3.13. The van der Waals surface area contributed by atoms with Gasteiger partial charge in [0.15, 0.2) is 0 Å². The summed E-state index contributed by atoms with van der Waals surface area (Å²) in [4.78, 5) is 2.34. The first-order valence-electron chi connectivity index (χ1n) is 7.51. The van der Waals surface area contributed by atoms with Gasteiger partial charge in [0, 0.05) is 37.3 Å². The Hall–Kier alpha value is -1.00. The normalized spacial score (nSPS) is 23.3. The fraction of sp³-hybridized carbons (Fsp3) is 0.647. The molecular formula is C17H26F2N2. The summed E-state index contributed by atoms with van der Waals surface area (Å²) in [7, 11) is 0. The second kappa shape index (κ2) is 5.65. The van der Waals surface area contributed by atoms with Crippen LogP contribution in [0.3, 0.4) is 0 Å². The summed E-state index contributed by atoms with van der Waals surface area (Å²) in [5, 5.41) is 3.56. The van der Waals surface area contributed by atoms with Crippen molar-refractivity contribution in [3.8, 4) is 0 Å². The van der Waals surface area contributed by atoms with Gasteiger partial charge in [0.05, 0.1) is 0 Å².